The van der Waals surface area contributed by atoms with Crippen LogP contribution in [0.5, 0.6) is 0 Å². The van der Waals surface area contributed by atoms with E-state index in [-0.39, 0.29) is 23.2 Å². The lowest BCUT2D eigenvalue weighted by Crippen LogP contribution is -2.25. The number of nitro benzene ring substituents is 1. The van der Waals surface area contributed by atoms with Crippen molar-refractivity contribution in [3.8, 4) is 0 Å². The Hall–Kier alpha value is -2.15. The van der Waals surface area contributed by atoms with E-state index in [0.29, 0.717) is 18.8 Å². The molecule has 7 heteroatoms. The molecule has 21 heavy (non-hydrogen) atoms. The number of nitrogens with one attached hydrogen (secondary N) is 2. The van der Waals surface area contributed by atoms with Crippen LogP contribution in [0.15, 0.2) is 18.2 Å². The quantitative estimate of drug-likeness (QED) is 0.566. The number of carbonyl (C=O) groups excluding carboxylic acids is 1. The lowest BCUT2D eigenvalue weighted by molar-refractivity contribution is -0.384. The summed E-state index contributed by atoms with van der Waals surface area (Å²) in [4.78, 5) is 22.4. The molecule has 0 saturated heterocycles. The van der Waals surface area contributed by atoms with Gasteiger partial charge in [0.1, 0.15) is 5.69 Å². The zero-order chi connectivity index (χ0) is 15.8. The van der Waals surface area contributed by atoms with Gasteiger partial charge in [0.2, 0.25) is 0 Å². The molecule has 0 radical (unpaired) electrons. The van der Waals surface area contributed by atoms with Gasteiger partial charge >= 0.3 is 0 Å². The van der Waals surface area contributed by atoms with Gasteiger partial charge in [0, 0.05) is 31.3 Å². The number of ether oxygens (including phenoxy) is 1. The van der Waals surface area contributed by atoms with Gasteiger partial charge in [-0.2, -0.15) is 0 Å². The molecule has 7 nitrogen and oxygen atoms in total. The largest absolute Gasteiger partial charge is 0.383 e. The Morgan fingerprint density at radius 2 is 2.14 bits per heavy atom. The van der Waals surface area contributed by atoms with Crippen LogP contribution < -0.4 is 10.6 Å². The second-order valence-electron chi connectivity index (χ2n) is 4.55. The summed E-state index contributed by atoms with van der Waals surface area (Å²) in [5, 5.41) is 16.9. The minimum absolute atomic E-state index is 0.0241. The first-order valence-corrected chi connectivity index (χ1v) is 6.85. The van der Waals surface area contributed by atoms with Crippen molar-refractivity contribution in [2.75, 3.05) is 25.6 Å². The molecule has 0 saturated carbocycles. The number of carbonyl (C=O) groups is 1. The fraction of sp³-hybridized carbons (Fsp3) is 0.500. The van der Waals surface area contributed by atoms with Crippen LogP contribution in [-0.2, 0) is 4.74 Å². The van der Waals surface area contributed by atoms with E-state index < -0.39 is 4.92 Å². The summed E-state index contributed by atoms with van der Waals surface area (Å²) >= 11 is 0. The minimum atomic E-state index is -0.495. The first-order chi connectivity index (χ1) is 10.0. The fourth-order valence-electron chi connectivity index (χ4n) is 1.89. The van der Waals surface area contributed by atoms with Crippen LogP contribution in [0.3, 0.4) is 0 Å². The van der Waals surface area contributed by atoms with Crippen molar-refractivity contribution in [1.29, 1.82) is 0 Å². The van der Waals surface area contributed by atoms with E-state index in [9.17, 15) is 14.9 Å². The van der Waals surface area contributed by atoms with Crippen molar-refractivity contribution in [3.05, 3.63) is 33.9 Å². The highest BCUT2D eigenvalue weighted by Crippen LogP contribution is 2.26. The van der Waals surface area contributed by atoms with Gasteiger partial charge in [0.05, 0.1) is 11.5 Å². The summed E-state index contributed by atoms with van der Waals surface area (Å²) in [6, 6.07) is 4.39. The van der Waals surface area contributed by atoms with Crippen LogP contribution in [0.25, 0.3) is 0 Å². The number of amides is 1. The Balaban J connectivity index is 3.04. The third-order valence-corrected chi connectivity index (χ3v) is 3.01. The van der Waals surface area contributed by atoms with Crippen LogP contribution in [-0.4, -0.2) is 37.1 Å². The molecule has 2 N–H and O–H groups in total. The molecule has 0 spiro atoms. The number of rotatable bonds is 8. The molecule has 116 valence electrons. The van der Waals surface area contributed by atoms with E-state index >= 15 is 0 Å². The molecule has 0 aliphatic rings. The van der Waals surface area contributed by atoms with Crippen LogP contribution in [0.4, 0.5) is 11.4 Å². The first kappa shape index (κ1) is 16.9. The Kier molecular flexibility index (Phi) is 6.61. The lowest BCUT2D eigenvalue weighted by atomic mass is 10.1. The molecule has 1 aromatic carbocycles. The van der Waals surface area contributed by atoms with E-state index in [2.05, 4.69) is 10.6 Å². The topological polar surface area (TPSA) is 93.5 Å². The van der Waals surface area contributed by atoms with Crippen LogP contribution in [0.2, 0.25) is 0 Å². The Bertz CT molecular complexity index is 505. The van der Waals surface area contributed by atoms with Crippen molar-refractivity contribution in [1.82, 2.24) is 5.32 Å². The number of anilines is 1. The van der Waals surface area contributed by atoms with Gasteiger partial charge in [-0.1, -0.05) is 6.92 Å². The second kappa shape index (κ2) is 8.21. The smallest absolute Gasteiger partial charge is 0.293 e. The van der Waals surface area contributed by atoms with Gasteiger partial charge < -0.3 is 15.4 Å². The monoisotopic (exact) mass is 295 g/mol. The highest BCUT2D eigenvalue weighted by molar-refractivity contribution is 5.95. The molecule has 1 atom stereocenters. The second-order valence-corrected chi connectivity index (χ2v) is 4.55. The fourth-order valence-corrected chi connectivity index (χ4v) is 1.89. The van der Waals surface area contributed by atoms with E-state index in [4.69, 9.17) is 4.74 Å². The van der Waals surface area contributed by atoms with Gasteiger partial charge in [-0.3, -0.25) is 14.9 Å². The summed E-state index contributed by atoms with van der Waals surface area (Å²) in [5.41, 5.74) is 0.541. The van der Waals surface area contributed by atoms with Crippen molar-refractivity contribution in [2.45, 2.75) is 26.3 Å². The molecule has 0 aromatic heterocycles. The van der Waals surface area contributed by atoms with Gasteiger partial charge in [-0.25, -0.2) is 0 Å². The predicted molar refractivity (Wildman–Crippen MR) is 80.7 cm³/mol. The molecule has 1 rings (SSSR count). The first-order valence-electron chi connectivity index (χ1n) is 6.85. The number of nitrogens with zero attached hydrogens (tertiary/aromatic N) is 1. The standard InChI is InChI=1S/C14H21N3O4/c1-4-11(9-21-3)16-12-7-6-10(14(18)15-5-2)8-13(12)17(19)20/h6-8,11,16H,4-5,9H2,1-3H3,(H,15,18). The van der Waals surface area contributed by atoms with Gasteiger partial charge in [-0.05, 0) is 25.5 Å². The maximum Gasteiger partial charge on any atom is 0.293 e. The third-order valence-electron chi connectivity index (χ3n) is 3.01. The number of methoxy groups -OCH3 is 1. The number of hydrogen-bond acceptors (Lipinski definition) is 5. The van der Waals surface area contributed by atoms with Crippen LogP contribution in [0, 0.1) is 10.1 Å². The molecule has 0 aliphatic heterocycles. The van der Waals surface area contributed by atoms with Crippen molar-refractivity contribution in [2.24, 2.45) is 0 Å². The summed E-state index contributed by atoms with van der Waals surface area (Å²) in [6.45, 7) is 4.68. The summed E-state index contributed by atoms with van der Waals surface area (Å²) in [6.07, 6.45) is 0.767. The Labute approximate surface area is 123 Å². The van der Waals surface area contributed by atoms with Crippen molar-refractivity contribution >= 4 is 17.3 Å². The van der Waals surface area contributed by atoms with Gasteiger partial charge in [-0.15, -0.1) is 0 Å². The van der Waals surface area contributed by atoms with E-state index in [1.54, 1.807) is 26.2 Å². The molecule has 1 amide bonds. The summed E-state index contributed by atoms with van der Waals surface area (Å²) in [7, 11) is 1.58. The van der Waals surface area contributed by atoms with Crippen LogP contribution >= 0.6 is 0 Å². The maximum atomic E-state index is 11.7. The predicted octanol–water partition coefficient (Wildman–Crippen LogP) is 2.18. The van der Waals surface area contributed by atoms with Crippen molar-refractivity contribution < 1.29 is 14.5 Å². The minimum Gasteiger partial charge on any atom is -0.383 e. The molecular formula is C14H21N3O4. The number of benzene rings is 1. The van der Waals surface area contributed by atoms with E-state index in [1.807, 2.05) is 6.92 Å². The average molecular weight is 295 g/mol. The van der Waals surface area contributed by atoms with Crippen LogP contribution in [0.1, 0.15) is 30.6 Å². The summed E-state index contributed by atoms with van der Waals surface area (Å²) in [5.74, 6) is -0.323. The van der Waals surface area contributed by atoms with Gasteiger partial charge in [0.25, 0.3) is 11.6 Å². The zero-order valence-corrected chi connectivity index (χ0v) is 12.5. The molecule has 0 heterocycles. The molecule has 1 aromatic rings. The third kappa shape index (κ3) is 4.71. The molecule has 0 aliphatic carbocycles. The number of nitro groups is 1. The van der Waals surface area contributed by atoms with E-state index in [1.165, 1.54) is 6.07 Å². The SMILES string of the molecule is CCNC(=O)c1ccc(NC(CC)COC)c([N+](=O)[O-])c1. The normalized spacial score (nSPS) is 11.8. The lowest BCUT2D eigenvalue weighted by Gasteiger charge is -2.17. The molecule has 1 unspecified atom stereocenters. The van der Waals surface area contributed by atoms with E-state index in [0.717, 1.165) is 6.42 Å². The molecule has 0 fully saturated rings. The Morgan fingerprint density at radius 3 is 2.67 bits per heavy atom. The Morgan fingerprint density at radius 1 is 1.43 bits per heavy atom. The number of hydrogen-bond donors (Lipinski definition) is 2. The van der Waals surface area contributed by atoms with Gasteiger partial charge in [0.15, 0.2) is 0 Å². The molecular weight excluding hydrogens is 274 g/mol. The highest BCUT2D eigenvalue weighted by Gasteiger charge is 2.19. The average Bonchev–Trinajstić information content (AvgIpc) is 2.47. The zero-order valence-electron chi connectivity index (χ0n) is 12.5. The maximum absolute atomic E-state index is 11.7. The molecule has 0 bridgehead atoms. The highest BCUT2D eigenvalue weighted by atomic mass is 16.6. The van der Waals surface area contributed by atoms with Crippen molar-refractivity contribution in [3.63, 3.8) is 0 Å². The summed E-state index contributed by atoms with van der Waals surface area (Å²) < 4.78 is 5.06.